The minimum atomic E-state index is -0.495. The van der Waals surface area contributed by atoms with Crippen LogP contribution in [0.25, 0.3) is 0 Å². The van der Waals surface area contributed by atoms with Crippen LogP contribution >= 0.6 is 0 Å². The van der Waals surface area contributed by atoms with E-state index in [1.54, 1.807) is 0 Å². The fraction of sp³-hybridized carbons (Fsp3) is 0.278. The summed E-state index contributed by atoms with van der Waals surface area (Å²) in [5.74, 6) is 0. The molecule has 2 unspecified atom stereocenters. The van der Waals surface area contributed by atoms with Crippen LogP contribution in [0.4, 0.5) is 5.69 Å². The van der Waals surface area contributed by atoms with Crippen LogP contribution in [0.3, 0.4) is 0 Å². The maximum atomic E-state index is 10.4. The molecule has 2 atom stereocenters. The second kappa shape index (κ2) is 6.20. The fourth-order valence-corrected chi connectivity index (χ4v) is 2.81. The van der Waals surface area contributed by atoms with E-state index in [1.165, 1.54) is 11.3 Å². The molecule has 0 spiro atoms. The number of aliphatic hydroxyl groups is 1. The highest BCUT2D eigenvalue weighted by molar-refractivity contribution is 5.88. The monoisotopic (exact) mass is 281 g/mol. The van der Waals surface area contributed by atoms with Gasteiger partial charge in [-0.1, -0.05) is 42.5 Å². The van der Waals surface area contributed by atoms with Crippen LogP contribution in [0.1, 0.15) is 30.1 Å². The van der Waals surface area contributed by atoms with Crippen molar-refractivity contribution in [3.63, 3.8) is 0 Å². The van der Waals surface area contributed by atoms with E-state index < -0.39 is 6.10 Å². The zero-order valence-electron chi connectivity index (χ0n) is 12.1. The van der Waals surface area contributed by atoms with E-state index in [0.717, 1.165) is 30.5 Å². The molecule has 0 aliphatic carbocycles. The van der Waals surface area contributed by atoms with Gasteiger partial charge in [0.1, 0.15) is 11.8 Å². The highest BCUT2D eigenvalue weighted by Gasteiger charge is 2.25. The first-order valence-corrected chi connectivity index (χ1v) is 7.42. The summed E-state index contributed by atoms with van der Waals surface area (Å²) in [6.07, 6.45) is 2.28. The third kappa shape index (κ3) is 3.38. The summed E-state index contributed by atoms with van der Waals surface area (Å²) >= 11 is 0. The van der Waals surface area contributed by atoms with Gasteiger partial charge >= 0.3 is 0 Å². The van der Waals surface area contributed by atoms with Gasteiger partial charge in [0, 0.05) is 12.1 Å². The van der Waals surface area contributed by atoms with Gasteiger partial charge in [0.25, 0.3) is 0 Å². The summed E-state index contributed by atoms with van der Waals surface area (Å²) in [5.41, 5.74) is 8.33. The van der Waals surface area contributed by atoms with Crippen molar-refractivity contribution in [1.29, 1.82) is 0 Å². The van der Waals surface area contributed by atoms with Crippen LogP contribution < -0.4 is 5.73 Å². The van der Waals surface area contributed by atoms with Gasteiger partial charge in [0.05, 0.1) is 6.04 Å². The predicted octanol–water partition coefficient (Wildman–Crippen LogP) is 2.44. The Kier molecular flexibility index (Phi) is 4.13. The van der Waals surface area contributed by atoms with Crippen LogP contribution in [-0.2, 0) is 6.42 Å². The number of quaternary nitrogens is 1. The summed E-state index contributed by atoms with van der Waals surface area (Å²) in [6.45, 7) is 0. The topological polar surface area (TPSA) is 60.2 Å². The van der Waals surface area contributed by atoms with Gasteiger partial charge in [0.2, 0.25) is 0 Å². The van der Waals surface area contributed by atoms with Crippen molar-refractivity contribution in [2.24, 2.45) is 4.99 Å². The summed E-state index contributed by atoms with van der Waals surface area (Å²) in [6, 6.07) is 18.1. The molecule has 0 radical (unpaired) electrons. The van der Waals surface area contributed by atoms with E-state index in [0.29, 0.717) is 0 Å². The molecule has 4 N–H and O–H groups in total. The number of hydrogen-bond acceptors (Lipinski definition) is 2. The first-order chi connectivity index (χ1) is 10.2. The minimum Gasteiger partial charge on any atom is -0.386 e. The molecule has 0 aromatic heterocycles. The second-order valence-corrected chi connectivity index (χ2v) is 5.65. The van der Waals surface area contributed by atoms with Gasteiger partial charge < -0.3 is 10.8 Å². The van der Waals surface area contributed by atoms with Crippen molar-refractivity contribution in [1.82, 2.24) is 0 Å². The molecule has 2 aromatic rings. The zero-order valence-corrected chi connectivity index (χ0v) is 12.1. The number of aliphatic imine (C=N–C) groups is 1. The van der Waals surface area contributed by atoms with Crippen molar-refractivity contribution >= 4 is 11.4 Å². The van der Waals surface area contributed by atoms with Gasteiger partial charge in [-0.3, -0.25) is 4.99 Å². The van der Waals surface area contributed by atoms with Crippen molar-refractivity contribution in [3.05, 3.63) is 65.7 Å². The Balaban J connectivity index is 1.68. The Labute approximate surface area is 125 Å². The molecule has 1 heterocycles. The summed E-state index contributed by atoms with van der Waals surface area (Å²) in [5, 5.41) is 10.4. The van der Waals surface area contributed by atoms with E-state index in [-0.39, 0.29) is 6.04 Å². The lowest BCUT2D eigenvalue weighted by atomic mass is 10.00. The summed E-state index contributed by atoms with van der Waals surface area (Å²) in [4.78, 5) is 4.73. The van der Waals surface area contributed by atoms with Crippen molar-refractivity contribution in [3.8, 4) is 0 Å². The lowest BCUT2D eigenvalue weighted by Crippen LogP contribution is -2.39. The number of hydrogen-bond donors (Lipinski definition) is 2. The zero-order chi connectivity index (χ0) is 14.7. The Bertz CT molecular complexity index is 619. The van der Waals surface area contributed by atoms with Crippen LogP contribution in [-0.4, -0.2) is 16.9 Å². The van der Waals surface area contributed by atoms with Gasteiger partial charge in [-0.2, -0.15) is 0 Å². The molecule has 21 heavy (non-hydrogen) atoms. The Hall–Kier alpha value is -1.97. The molecule has 108 valence electrons. The first-order valence-electron chi connectivity index (χ1n) is 7.42. The number of nitrogens with zero attached hydrogens (tertiary/aromatic N) is 1. The van der Waals surface area contributed by atoms with Crippen molar-refractivity contribution < 1.29 is 10.8 Å². The Morgan fingerprint density at radius 3 is 2.52 bits per heavy atom. The molecule has 3 rings (SSSR count). The molecule has 1 aliphatic rings. The third-order valence-electron chi connectivity index (χ3n) is 4.01. The van der Waals surface area contributed by atoms with Gasteiger partial charge in [-0.05, 0) is 36.1 Å². The normalized spacial score (nSPS) is 19.3. The predicted molar refractivity (Wildman–Crippen MR) is 84.6 cm³/mol. The molecule has 2 aromatic carbocycles. The molecule has 0 amide bonds. The summed E-state index contributed by atoms with van der Waals surface area (Å²) in [7, 11) is 0. The largest absolute Gasteiger partial charge is 0.386 e. The average Bonchev–Trinajstić information content (AvgIpc) is 2.98. The number of benzene rings is 2. The molecule has 0 saturated carbocycles. The van der Waals surface area contributed by atoms with Crippen LogP contribution in [0, 0.1) is 0 Å². The maximum absolute atomic E-state index is 10.4. The minimum absolute atomic E-state index is 0.00508. The standard InChI is InChI=1S/C18H20N2O/c19-15-8-6-13(7-9-15)12-16-10-11-17(20-16)18(21)14-4-2-1-3-5-14/h1-9,17-18,21H,10-12,19H2/p+1. The first kappa shape index (κ1) is 14.0. The van der Waals surface area contributed by atoms with Crippen molar-refractivity contribution in [2.45, 2.75) is 31.4 Å². The quantitative estimate of drug-likeness (QED) is 0.888. The SMILES string of the molecule is [NH3+]c1ccc(CC2=NC(C(O)c3ccccc3)CC2)cc1. The molecular weight excluding hydrogens is 260 g/mol. The number of aliphatic hydroxyl groups excluding tert-OH is 1. The van der Waals surface area contributed by atoms with Gasteiger partial charge in [-0.15, -0.1) is 0 Å². The second-order valence-electron chi connectivity index (χ2n) is 5.65. The van der Waals surface area contributed by atoms with E-state index in [4.69, 9.17) is 4.99 Å². The van der Waals surface area contributed by atoms with Crippen LogP contribution in [0.2, 0.25) is 0 Å². The molecule has 3 nitrogen and oxygen atoms in total. The molecule has 0 saturated heterocycles. The van der Waals surface area contributed by atoms with E-state index >= 15 is 0 Å². The lowest BCUT2D eigenvalue weighted by Gasteiger charge is -2.15. The smallest absolute Gasteiger partial charge is 0.127 e. The molecule has 0 bridgehead atoms. The third-order valence-corrected chi connectivity index (χ3v) is 4.01. The highest BCUT2D eigenvalue weighted by atomic mass is 16.3. The molecule has 3 heteroatoms. The average molecular weight is 281 g/mol. The van der Waals surface area contributed by atoms with Crippen LogP contribution in [0.15, 0.2) is 59.6 Å². The highest BCUT2D eigenvalue weighted by Crippen LogP contribution is 2.27. The molecule has 1 aliphatic heterocycles. The summed E-state index contributed by atoms with van der Waals surface area (Å²) < 4.78 is 0. The van der Waals surface area contributed by atoms with Gasteiger partial charge in [-0.25, -0.2) is 0 Å². The van der Waals surface area contributed by atoms with E-state index in [2.05, 4.69) is 17.9 Å². The lowest BCUT2D eigenvalue weighted by molar-refractivity contribution is -0.254. The Morgan fingerprint density at radius 1 is 1.10 bits per heavy atom. The Morgan fingerprint density at radius 2 is 1.81 bits per heavy atom. The van der Waals surface area contributed by atoms with Crippen LogP contribution in [0.5, 0.6) is 0 Å². The molecule has 0 fully saturated rings. The maximum Gasteiger partial charge on any atom is 0.127 e. The van der Waals surface area contributed by atoms with Crippen molar-refractivity contribution in [2.75, 3.05) is 0 Å². The fourth-order valence-electron chi connectivity index (χ4n) is 2.81. The van der Waals surface area contributed by atoms with E-state index in [1.807, 2.05) is 42.5 Å². The van der Waals surface area contributed by atoms with Gasteiger partial charge in [0.15, 0.2) is 0 Å². The number of rotatable bonds is 4. The van der Waals surface area contributed by atoms with E-state index in [9.17, 15) is 5.11 Å². The molecular formula is C18H21N2O+.